The van der Waals surface area contributed by atoms with Gasteiger partial charge in [-0.25, -0.2) is 0 Å². The minimum Gasteiger partial charge on any atom is -0.379 e. The van der Waals surface area contributed by atoms with Gasteiger partial charge in [0.2, 0.25) is 0 Å². The molecule has 2 nitrogen and oxygen atoms in total. The number of benzene rings is 1. The Morgan fingerprint density at radius 2 is 2.29 bits per heavy atom. The maximum Gasteiger partial charge on any atom is 0.0992 e. The minimum atomic E-state index is 0.514. The predicted molar refractivity (Wildman–Crippen MR) is 56.6 cm³/mol. The zero-order chi connectivity index (χ0) is 9.97. The van der Waals surface area contributed by atoms with E-state index in [1.807, 2.05) is 6.07 Å². The quantitative estimate of drug-likeness (QED) is 0.776. The lowest BCUT2D eigenvalue weighted by Gasteiger charge is -2.25. The molecule has 0 saturated carbocycles. The molecule has 0 N–H and O–H groups in total. The first-order chi connectivity index (χ1) is 6.79. The van der Waals surface area contributed by atoms with Crippen LogP contribution in [0.25, 0.3) is 0 Å². The van der Waals surface area contributed by atoms with Crippen molar-refractivity contribution in [1.29, 1.82) is 5.26 Å². The van der Waals surface area contributed by atoms with Gasteiger partial charge in [-0.3, -0.25) is 0 Å². The highest BCUT2D eigenvalue weighted by Gasteiger charge is 2.20. The summed E-state index contributed by atoms with van der Waals surface area (Å²) in [7, 11) is 0. The van der Waals surface area contributed by atoms with Crippen molar-refractivity contribution < 1.29 is 4.74 Å². The highest BCUT2D eigenvalue weighted by atomic mass is 35.5. The summed E-state index contributed by atoms with van der Waals surface area (Å²) in [6, 6.07) is 7.43. The zero-order valence-corrected chi connectivity index (χ0v) is 8.94. The molecular formula is C10H8ClNOS. The highest BCUT2D eigenvalue weighted by Crippen LogP contribution is 2.33. The molecule has 14 heavy (non-hydrogen) atoms. The van der Waals surface area contributed by atoms with Crippen LogP contribution in [0.4, 0.5) is 0 Å². The van der Waals surface area contributed by atoms with Crippen LogP contribution in [0, 0.1) is 11.3 Å². The Morgan fingerprint density at radius 3 is 2.79 bits per heavy atom. The van der Waals surface area contributed by atoms with Crippen LogP contribution in [-0.2, 0) is 4.74 Å². The SMILES string of the molecule is N#Cc1ccc(SC2COC2)c(Cl)c1. The smallest absolute Gasteiger partial charge is 0.0992 e. The molecule has 0 atom stereocenters. The van der Waals surface area contributed by atoms with E-state index in [0.29, 0.717) is 15.8 Å². The van der Waals surface area contributed by atoms with E-state index in [4.69, 9.17) is 21.6 Å². The Bertz CT molecular complexity index is 384. The summed E-state index contributed by atoms with van der Waals surface area (Å²) in [6.45, 7) is 1.59. The maximum atomic E-state index is 8.66. The largest absolute Gasteiger partial charge is 0.379 e. The number of hydrogen-bond acceptors (Lipinski definition) is 3. The summed E-state index contributed by atoms with van der Waals surface area (Å²) < 4.78 is 5.08. The number of nitrogens with zero attached hydrogens (tertiary/aromatic N) is 1. The van der Waals surface area contributed by atoms with Gasteiger partial charge in [0.25, 0.3) is 0 Å². The van der Waals surface area contributed by atoms with Crippen LogP contribution in [0.15, 0.2) is 23.1 Å². The average Bonchev–Trinajstić information content (AvgIpc) is 2.13. The van der Waals surface area contributed by atoms with Gasteiger partial charge in [-0.2, -0.15) is 5.26 Å². The molecule has 0 spiro atoms. The summed E-state index contributed by atoms with van der Waals surface area (Å²) in [4.78, 5) is 1.03. The second-order valence-electron chi connectivity index (χ2n) is 3.03. The summed E-state index contributed by atoms with van der Waals surface area (Å²) in [5, 5.41) is 9.82. The van der Waals surface area contributed by atoms with Crippen molar-refractivity contribution in [3.63, 3.8) is 0 Å². The molecule has 72 valence electrons. The third kappa shape index (κ3) is 2.03. The first-order valence-electron chi connectivity index (χ1n) is 4.23. The average molecular weight is 226 g/mol. The fourth-order valence-corrected chi connectivity index (χ4v) is 2.45. The number of thioether (sulfide) groups is 1. The fraction of sp³-hybridized carbons (Fsp3) is 0.300. The number of hydrogen-bond donors (Lipinski definition) is 0. The Hall–Kier alpha value is -0.690. The van der Waals surface area contributed by atoms with E-state index in [-0.39, 0.29) is 0 Å². The van der Waals surface area contributed by atoms with Gasteiger partial charge in [0.05, 0.1) is 35.1 Å². The molecule has 0 bridgehead atoms. The van der Waals surface area contributed by atoms with Crippen molar-refractivity contribution in [2.45, 2.75) is 10.1 Å². The molecule has 1 aliphatic heterocycles. The number of ether oxygens (including phenoxy) is 1. The van der Waals surface area contributed by atoms with Crippen LogP contribution in [0.1, 0.15) is 5.56 Å². The summed E-state index contributed by atoms with van der Waals surface area (Å²) >= 11 is 7.73. The third-order valence-corrected chi connectivity index (χ3v) is 3.60. The van der Waals surface area contributed by atoms with Gasteiger partial charge in [-0.15, -0.1) is 11.8 Å². The summed E-state index contributed by atoms with van der Waals surface area (Å²) in [5.74, 6) is 0. The van der Waals surface area contributed by atoms with Gasteiger partial charge in [0.15, 0.2) is 0 Å². The van der Waals surface area contributed by atoms with Gasteiger partial charge in [0, 0.05) is 4.90 Å². The van der Waals surface area contributed by atoms with Crippen molar-refractivity contribution in [2.24, 2.45) is 0 Å². The van der Waals surface area contributed by atoms with Crippen molar-refractivity contribution in [1.82, 2.24) is 0 Å². The molecule has 1 aromatic rings. The molecule has 4 heteroatoms. The minimum absolute atomic E-state index is 0.514. The summed E-state index contributed by atoms with van der Waals surface area (Å²) in [6.07, 6.45) is 0. The van der Waals surface area contributed by atoms with Gasteiger partial charge < -0.3 is 4.74 Å². The van der Waals surface area contributed by atoms with Crippen LogP contribution in [-0.4, -0.2) is 18.5 Å². The molecule has 1 heterocycles. The fourth-order valence-electron chi connectivity index (χ4n) is 1.13. The van der Waals surface area contributed by atoms with E-state index in [0.717, 1.165) is 18.1 Å². The normalized spacial score (nSPS) is 16.0. The zero-order valence-electron chi connectivity index (χ0n) is 7.37. The third-order valence-electron chi connectivity index (χ3n) is 1.96. The molecule has 0 radical (unpaired) electrons. The standard InChI is InChI=1S/C10H8ClNOS/c11-9-3-7(4-12)1-2-10(9)14-8-5-13-6-8/h1-3,8H,5-6H2. The van der Waals surface area contributed by atoms with Crippen LogP contribution in [0.3, 0.4) is 0 Å². The molecule has 1 fully saturated rings. The second kappa shape index (κ2) is 4.22. The molecule has 0 amide bonds. The topological polar surface area (TPSA) is 33.0 Å². The molecule has 1 saturated heterocycles. The first kappa shape index (κ1) is 9.85. The van der Waals surface area contributed by atoms with Gasteiger partial charge in [-0.1, -0.05) is 11.6 Å². The van der Waals surface area contributed by atoms with Crippen LogP contribution < -0.4 is 0 Å². The summed E-state index contributed by atoms with van der Waals surface area (Å²) in [5.41, 5.74) is 0.601. The van der Waals surface area contributed by atoms with Gasteiger partial charge in [0.1, 0.15) is 0 Å². The van der Waals surface area contributed by atoms with Gasteiger partial charge >= 0.3 is 0 Å². The van der Waals surface area contributed by atoms with Crippen molar-refractivity contribution in [2.75, 3.05) is 13.2 Å². The Morgan fingerprint density at radius 1 is 1.50 bits per heavy atom. The van der Waals surface area contributed by atoms with Crippen LogP contribution in [0.5, 0.6) is 0 Å². The predicted octanol–water partition coefficient (Wildman–Crippen LogP) is 2.70. The van der Waals surface area contributed by atoms with E-state index in [9.17, 15) is 0 Å². The van der Waals surface area contributed by atoms with Crippen LogP contribution >= 0.6 is 23.4 Å². The Labute approximate surface area is 91.8 Å². The number of halogens is 1. The van der Waals surface area contributed by atoms with E-state index < -0.39 is 0 Å². The number of nitriles is 1. The first-order valence-corrected chi connectivity index (χ1v) is 5.49. The molecule has 0 unspecified atom stereocenters. The van der Waals surface area contributed by atoms with Crippen molar-refractivity contribution in [3.05, 3.63) is 28.8 Å². The molecule has 1 aliphatic rings. The monoisotopic (exact) mass is 225 g/mol. The van der Waals surface area contributed by atoms with E-state index in [1.54, 1.807) is 23.9 Å². The van der Waals surface area contributed by atoms with E-state index in [1.165, 1.54) is 0 Å². The Kier molecular flexibility index (Phi) is 2.97. The lowest BCUT2D eigenvalue weighted by molar-refractivity contribution is 0.0455. The molecule has 2 rings (SSSR count). The molecule has 0 aromatic heterocycles. The van der Waals surface area contributed by atoms with Gasteiger partial charge in [-0.05, 0) is 18.2 Å². The molecule has 0 aliphatic carbocycles. The van der Waals surface area contributed by atoms with E-state index in [2.05, 4.69) is 6.07 Å². The van der Waals surface area contributed by atoms with Crippen molar-refractivity contribution >= 4 is 23.4 Å². The van der Waals surface area contributed by atoms with Crippen LogP contribution in [0.2, 0.25) is 5.02 Å². The van der Waals surface area contributed by atoms with E-state index >= 15 is 0 Å². The lowest BCUT2D eigenvalue weighted by Crippen LogP contribution is -2.30. The Balaban J connectivity index is 2.14. The maximum absolute atomic E-state index is 8.66. The second-order valence-corrected chi connectivity index (χ2v) is 4.78. The van der Waals surface area contributed by atoms with Crippen molar-refractivity contribution in [3.8, 4) is 6.07 Å². The number of rotatable bonds is 2. The molecular weight excluding hydrogens is 218 g/mol. The lowest BCUT2D eigenvalue weighted by atomic mass is 10.2. The highest BCUT2D eigenvalue weighted by molar-refractivity contribution is 8.00. The molecule has 1 aromatic carbocycles.